The van der Waals surface area contributed by atoms with E-state index in [0.717, 1.165) is 25.6 Å². The molecule has 1 heterocycles. The van der Waals surface area contributed by atoms with E-state index in [2.05, 4.69) is 15.5 Å². The van der Waals surface area contributed by atoms with Gasteiger partial charge in [0.15, 0.2) is 0 Å². The Balaban J connectivity index is 1.65. The molecule has 0 bridgehead atoms. The van der Waals surface area contributed by atoms with Crippen LogP contribution in [-0.4, -0.2) is 54.2 Å². The Bertz CT molecular complexity index is 415. The summed E-state index contributed by atoms with van der Waals surface area (Å²) in [5, 5.41) is 5.50. The van der Waals surface area contributed by atoms with Crippen LogP contribution in [0.4, 0.5) is 4.79 Å². The van der Waals surface area contributed by atoms with Crippen molar-refractivity contribution in [2.45, 2.75) is 64.6 Å². The van der Waals surface area contributed by atoms with E-state index < -0.39 is 17.7 Å². The number of rotatable bonds is 5. The summed E-state index contributed by atoms with van der Waals surface area (Å²) in [4.78, 5) is 26.2. The molecular weight excluding hydrogens is 282 g/mol. The van der Waals surface area contributed by atoms with Gasteiger partial charge in [-0.05, 0) is 59.4 Å². The number of nitrogens with one attached hydrogen (secondary N) is 2. The number of hydrogen-bond acceptors (Lipinski definition) is 4. The first kappa shape index (κ1) is 17.1. The Morgan fingerprint density at radius 3 is 2.55 bits per heavy atom. The fourth-order valence-electron chi connectivity index (χ4n) is 2.75. The monoisotopic (exact) mass is 311 g/mol. The van der Waals surface area contributed by atoms with Crippen molar-refractivity contribution in [3.05, 3.63) is 0 Å². The molecule has 0 unspecified atom stereocenters. The van der Waals surface area contributed by atoms with Crippen LogP contribution < -0.4 is 10.6 Å². The maximum Gasteiger partial charge on any atom is 0.408 e. The van der Waals surface area contributed by atoms with Gasteiger partial charge < -0.3 is 20.3 Å². The summed E-state index contributed by atoms with van der Waals surface area (Å²) in [6.45, 7) is 9.97. The molecule has 0 aromatic carbocycles. The Kier molecular flexibility index (Phi) is 5.32. The minimum absolute atomic E-state index is 0.157. The highest BCUT2D eigenvalue weighted by atomic mass is 16.6. The van der Waals surface area contributed by atoms with Gasteiger partial charge in [-0.25, -0.2) is 4.79 Å². The summed E-state index contributed by atoms with van der Waals surface area (Å²) in [7, 11) is 0. The lowest BCUT2D eigenvalue weighted by Gasteiger charge is -2.22. The molecule has 2 atom stereocenters. The fourth-order valence-corrected chi connectivity index (χ4v) is 2.75. The van der Waals surface area contributed by atoms with E-state index in [0.29, 0.717) is 12.5 Å². The predicted octanol–water partition coefficient (Wildman–Crippen LogP) is 1.50. The molecule has 0 radical (unpaired) electrons. The van der Waals surface area contributed by atoms with E-state index in [9.17, 15) is 9.59 Å². The number of alkyl carbamates (subject to hydrolysis) is 1. The molecular formula is C16H29N3O3. The van der Waals surface area contributed by atoms with Gasteiger partial charge in [0.2, 0.25) is 5.91 Å². The summed E-state index contributed by atoms with van der Waals surface area (Å²) in [6, 6.07) is 0.212. The zero-order valence-electron chi connectivity index (χ0n) is 14.1. The van der Waals surface area contributed by atoms with Crippen LogP contribution in [0.15, 0.2) is 0 Å². The predicted molar refractivity (Wildman–Crippen MR) is 84.5 cm³/mol. The molecule has 2 rings (SSSR count). The third kappa shape index (κ3) is 5.48. The van der Waals surface area contributed by atoms with Crippen molar-refractivity contribution in [2.24, 2.45) is 5.92 Å². The first-order valence-corrected chi connectivity index (χ1v) is 8.26. The normalized spacial score (nSPS) is 23.9. The quantitative estimate of drug-likeness (QED) is 0.807. The second-order valence-corrected chi connectivity index (χ2v) is 7.49. The van der Waals surface area contributed by atoms with Gasteiger partial charge in [0.25, 0.3) is 0 Å². The van der Waals surface area contributed by atoms with Crippen molar-refractivity contribution in [1.82, 2.24) is 15.5 Å². The maximum absolute atomic E-state index is 12.0. The third-order valence-electron chi connectivity index (χ3n) is 4.07. The number of nitrogens with zero attached hydrogens (tertiary/aromatic N) is 1. The zero-order chi connectivity index (χ0) is 16.3. The van der Waals surface area contributed by atoms with Crippen molar-refractivity contribution < 1.29 is 14.3 Å². The summed E-state index contributed by atoms with van der Waals surface area (Å²) >= 11 is 0. The van der Waals surface area contributed by atoms with Gasteiger partial charge >= 0.3 is 6.09 Å². The van der Waals surface area contributed by atoms with Gasteiger partial charge in [-0.1, -0.05) is 0 Å². The SMILES string of the molecule is C[C@@H](NC(=O)OC(C)(C)C)C(=O)NC[C@H]1CCN(C2CC2)C1. The van der Waals surface area contributed by atoms with Crippen LogP contribution in [0.25, 0.3) is 0 Å². The molecule has 1 saturated heterocycles. The summed E-state index contributed by atoms with van der Waals surface area (Å²) in [6.07, 6.45) is 3.24. The van der Waals surface area contributed by atoms with E-state index in [4.69, 9.17) is 4.74 Å². The van der Waals surface area contributed by atoms with Crippen LogP contribution in [-0.2, 0) is 9.53 Å². The largest absolute Gasteiger partial charge is 0.444 e. The van der Waals surface area contributed by atoms with Crippen LogP contribution in [0.2, 0.25) is 0 Å². The summed E-state index contributed by atoms with van der Waals surface area (Å²) in [5.74, 6) is 0.369. The summed E-state index contributed by atoms with van der Waals surface area (Å²) in [5.41, 5.74) is -0.559. The van der Waals surface area contributed by atoms with Crippen molar-refractivity contribution in [2.75, 3.05) is 19.6 Å². The Morgan fingerprint density at radius 1 is 1.27 bits per heavy atom. The van der Waals surface area contributed by atoms with Gasteiger partial charge in [0, 0.05) is 19.1 Å². The minimum atomic E-state index is -0.587. The van der Waals surface area contributed by atoms with Gasteiger partial charge in [0.1, 0.15) is 11.6 Å². The smallest absolute Gasteiger partial charge is 0.408 e. The second-order valence-electron chi connectivity index (χ2n) is 7.49. The standard InChI is InChI=1S/C16H29N3O3/c1-11(18-15(21)22-16(2,3)4)14(20)17-9-12-7-8-19(10-12)13-5-6-13/h11-13H,5-10H2,1-4H3,(H,17,20)(H,18,21)/t11-,12-/m1/s1. The molecule has 126 valence electrons. The maximum atomic E-state index is 12.0. The zero-order valence-corrected chi connectivity index (χ0v) is 14.1. The molecule has 1 aliphatic carbocycles. The molecule has 2 fully saturated rings. The molecule has 2 N–H and O–H groups in total. The summed E-state index contributed by atoms with van der Waals surface area (Å²) < 4.78 is 5.15. The van der Waals surface area contributed by atoms with Gasteiger partial charge in [0.05, 0.1) is 0 Å². The molecule has 1 aliphatic heterocycles. The molecule has 2 aliphatic rings. The average molecular weight is 311 g/mol. The average Bonchev–Trinajstić information content (AvgIpc) is 3.13. The Morgan fingerprint density at radius 2 is 1.95 bits per heavy atom. The third-order valence-corrected chi connectivity index (χ3v) is 4.07. The van der Waals surface area contributed by atoms with Crippen LogP contribution >= 0.6 is 0 Å². The number of carbonyl (C=O) groups excluding carboxylic acids is 2. The van der Waals surface area contributed by atoms with Gasteiger partial charge in [-0.3, -0.25) is 4.79 Å². The number of ether oxygens (including phenoxy) is 1. The van der Waals surface area contributed by atoms with Crippen molar-refractivity contribution in [3.8, 4) is 0 Å². The molecule has 2 amide bonds. The number of hydrogen-bond donors (Lipinski definition) is 2. The highest BCUT2D eigenvalue weighted by molar-refractivity contribution is 5.85. The molecule has 0 aromatic rings. The van der Waals surface area contributed by atoms with Crippen LogP contribution in [0, 0.1) is 5.92 Å². The molecule has 1 saturated carbocycles. The number of amides is 2. The number of carbonyl (C=O) groups is 2. The van der Waals surface area contributed by atoms with Gasteiger partial charge in [-0.15, -0.1) is 0 Å². The first-order chi connectivity index (χ1) is 10.2. The molecule has 6 nitrogen and oxygen atoms in total. The van der Waals surface area contributed by atoms with Crippen molar-refractivity contribution in [1.29, 1.82) is 0 Å². The lowest BCUT2D eigenvalue weighted by molar-refractivity contribution is -0.122. The van der Waals surface area contributed by atoms with Crippen molar-refractivity contribution >= 4 is 12.0 Å². The highest BCUT2D eigenvalue weighted by Gasteiger charge is 2.34. The van der Waals surface area contributed by atoms with E-state index in [-0.39, 0.29) is 5.91 Å². The van der Waals surface area contributed by atoms with Gasteiger partial charge in [-0.2, -0.15) is 0 Å². The lowest BCUT2D eigenvalue weighted by Crippen LogP contribution is -2.47. The Labute approximate surface area is 132 Å². The Hall–Kier alpha value is -1.30. The van der Waals surface area contributed by atoms with Crippen LogP contribution in [0.1, 0.15) is 47.0 Å². The van der Waals surface area contributed by atoms with Crippen LogP contribution in [0.5, 0.6) is 0 Å². The van der Waals surface area contributed by atoms with E-state index in [1.54, 1.807) is 27.7 Å². The lowest BCUT2D eigenvalue weighted by atomic mass is 10.1. The van der Waals surface area contributed by atoms with E-state index >= 15 is 0 Å². The molecule has 0 spiro atoms. The van der Waals surface area contributed by atoms with E-state index in [1.807, 2.05) is 0 Å². The first-order valence-electron chi connectivity index (χ1n) is 8.26. The molecule has 0 aromatic heterocycles. The second kappa shape index (κ2) is 6.86. The van der Waals surface area contributed by atoms with E-state index in [1.165, 1.54) is 12.8 Å². The van der Waals surface area contributed by atoms with Crippen LogP contribution in [0.3, 0.4) is 0 Å². The number of likely N-dealkylation sites (tertiary alicyclic amines) is 1. The van der Waals surface area contributed by atoms with Crippen molar-refractivity contribution in [3.63, 3.8) is 0 Å². The minimum Gasteiger partial charge on any atom is -0.444 e. The topological polar surface area (TPSA) is 70.7 Å². The highest BCUT2D eigenvalue weighted by Crippen LogP contribution is 2.31. The molecule has 6 heteroatoms. The fraction of sp³-hybridized carbons (Fsp3) is 0.875. The molecule has 22 heavy (non-hydrogen) atoms.